The third-order valence-corrected chi connectivity index (χ3v) is 8.44. The number of aromatic carboxylic acids is 1. The average Bonchev–Trinajstić information content (AvgIpc) is 3.14. The van der Waals surface area contributed by atoms with Crippen LogP contribution in [0.4, 0.5) is 0 Å². The Labute approximate surface area is 194 Å². The van der Waals surface area contributed by atoms with Gasteiger partial charge in [0.25, 0.3) is 0 Å². The summed E-state index contributed by atoms with van der Waals surface area (Å²) < 4.78 is 6.09. The topological polar surface area (TPSA) is 90.2 Å². The van der Waals surface area contributed by atoms with Crippen LogP contribution in [0.5, 0.6) is 11.5 Å². The van der Waals surface area contributed by atoms with Gasteiger partial charge in [0.05, 0.1) is 5.56 Å². The van der Waals surface area contributed by atoms with E-state index in [0.717, 1.165) is 36.1 Å². The molecule has 0 saturated carbocycles. The number of ether oxygens (including phenoxy) is 1. The summed E-state index contributed by atoms with van der Waals surface area (Å²) >= 11 is 0. The SMILES string of the molecule is CN1CC[C@]23c4c5ccc(O)c4O[C@H]2[C@@H](O)C=C[C@H]3[C@H]1C5.Cc1ccc(C(=O)O)c(C)c1C. The number of hydrogen-bond donors (Lipinski definition) is 3. The molecule has 3 N–H and O–H groups in total. The molecule has 2 aliphatic carbocycles. The largest absolute Gasteiger partial charge is 0.504 e. The minimum Gasteiger partial charge on any atom is -0.504 e. The second kappa shape index (κ2) is 7.61. The van der Waals surface area contributed by atoms with Gasteiger partial charge in [-0.1, -0.05) is 24.3 Å². The number of carbonyl (C=O) groups is 1. The van der Waals surface area contributed by atoms with Crippen molar-refractivity contribution in [2.24, 2.45) is 5.92 Å². The van der Waals surface area contributed by atoms with Gasteiger partial charge in [0.2, 0.25) is 0 Å². The van der Waals surface area contributed by atoms with E-state index >= 15 is 0 Å². The monoisotopic (exact) mass is 449 g/mol. The molecule has 0 radical (unpaired) electrons. The number of nitrogens with zero attached hydrogens (tertiary/aromatic N) is 1. The zero-order valence-corrected chi connectivity index (χ0v) is 19.5. The molecule has 174 valence electrons. The van der Waals surface area contributed by atoms with Gasteiger partial charge in [0, 0.05) is 22.9 Å². The number of rotatable bonds is 1. The number of carboxylic acid groups (broad SMARTS) is 1. The number of aromatic hydroxyl groups is 1. The molecule has 6 rings (SSSR count). The molecule has 0 aromatic heterocycles. The molecule has 2 aliphatic heterocycles. The van der Waals surface area contributed by atoms with Gasteiger partial charge in [-0.15, -0.1) is 0 Å². The van der Waals surface area contributed by atoms with E-state index in [0.29, 0.717) is 23.3 Å². The van der Waals surface area contributed by atoms with E-state index in [1.54, 1.807) is 12.1 Å². The molecular weight excluding hydrogens is 418 g/mol. The summed E-state index contributed by atoms with van der Waals surface area (Å²) in [6, 6.07) is 7.72. The molecule has 0 unspecified atom stereocenters. The number of carboxylic acids is 1. The molecule has 2 aromatic rings. The molecular formula is C27H31NO5. The van der Waals surface area contributed by atoms with Gasteiger partial charge in [-0.3, -0.25) is 0 Å². The molecule has 1 fully saturated rings. The van der Waals surface area contributed by atoms with Crippen molar-refractivity contribution in [1.82, 2.24) is 4.90 Å². The summed E-state index contributed by atoms with van der Waals surface area (Å²) in [6.45, 7) is 6.77. The van der Waals surface area contributed by atoms with Crippen molar-refractivity contribution < 1.29 is 24.9 Å². The molecule has 1 spiro atoms. The number of aryl methyl sites for hydroxylation is 1. The number of likely N-dealkylation sites (tertiary alicyclic amines) is 1. The van der Waals surface area contributed by atoms with E-state index < -0.39 is 12.1 Å². The number of hydrogen-bond acceptors (Lipinski definition) is 5. The molecule has 2 aromatic carbocycles. The van der Waals surface area contributed by atoms with E-state index in [9.17, 15) is 15.0 Å². The van der Waals surface area contributed by atoms with Crippen LogP contribution in [0, 0.1) is 26.7 Å². The molecule has 0 amide bonds. The minimum atomic E-state index is -0.851. The molecule has 2 heterocycles. The van der Waals surface area contributed by atoms with Crippen molar-refractivity contribution in [3.63, 3.8) is 0 Å². The lowest BCUT2D eigenvalue weighted by molar-refractivity contribution is -0.0453. The molecule has 4 aliphatic rings. The molecule has 6 nitrogen and oxygen atoms in total. The highest BCUT2D eigenvalue weighted by Crippen LogP contribution is 2.62. The number of phenolic OH excluding ortho intramolecular Hbond substituents is 1. The van der Waals surface area contributed by atoms with Crippen molar-refractivity contribution in [3.05, 3.63) is 69.8 Å². The first-order valence-corrected chi connectivity index (χ1v) is 11.6. The highest BCUT2D eigenvalue weighted by molar-refractivity contribution is 5.89. The van der Waals surface area contributed by atoms with Crippen molar-refractivity contribution in [1.29, 1.82) is 0 Å². The van der Waals surface area contributed by atoms with Crippen LogP contribution in [-0.4, -0.2) is 58.0 Å². The number of likely N-dealkylation sites (N-methyl/N-ethyl adjacent to an activating group) is 1. The zero-order chi connectivity index (χ0) is 23.7. The molecule has 1 saturated heterocycles. The van der Waals surface area contributed by atoms with Crippen LogP contribution >= 0.6 is 0 Å². The Morgan fingerprint density at radius 3 is 2.61 bits per heavy atom. The second-order valence-electron chi connectivity index (χ2n) is 9.92. The van der Waals surface area contributed by atoms with Crippen molar-refractivity contribution in [3.8, 4) is 11.5 Å². The van der Waals surface area contributed by atoms with Crippen molar-refractivity contribution >= 4 is 5.97 Å². The van der Waals surface area contributed by atoms with Crippen molar-refractivity contribution in [2.45, 2.75) is 57.3 Å². The highest BCUT2D eigenvalue weighted by Gasteiger charge is 2.64. The lowest BCUT2D eigenvalue weighted by Crippen LogP contribution is -2.64. The van der Waals surface area contributed by atoms with Gasteiger partial charge >= 0.3 is 5.97 Å². The Kier molecular flexibility index (Phi) is 5.07. The standard InChI is InChI=1S/C17H19NO3.C10H12O2/c1-18-7-6-17-10-3-5-13(20)16(17)21-15-12(19)4-2-9(14(15)17)8-11(10)18;1-6-4-5-9(10(11)12)8(3)7(6)2/h2-5,10-11,13,16,19-20H,6-8H2,1H3;4-5H,1-3H3,(H,11,12)/t10-,11+,13-,16-,17-;/m0./s1. The highest BCUT2D eigenvalue weighted by atomic mass is 16.5. The first kappa shape index (κ1) is 22.0. The van der Waals surface area contributed by atoms with E-state index in [-0.39, 0.29) is 17.3 Å². The third-order valence-electron chi connectivity index (χ3n) is 8.44. The van der Waals surface area contributed by atoms with Crippen LogP contribution in [0.15, 0.2) is 36.4 Å². The first-order valence-electron chi connectivity index (χ1n) is 11.6. The fourth-order valence-electron chi connectivity index (χ4n) is 6.43. The molecule has 5 atom stereocenters. The van der Waals surface area contributed by atoms with Crippen LogP contribution in [0.3, 0.4) is 0 Å². The molecule has 33 heavy (non-hydrogen) atoms. The van der Waals surface area contributed by atoms with Crippen LogP contribution in [0.2, 0.25) is 0 Å². The fourth-order valence-corrected chi connectivity index (χ4v) is 6.43. The normalized spacial score (nSPS) is 30.7. The summed E-state index contributed by atoms with van der Waals surface area (Å²) in [5.74, 6) is 0.338. The van der Waals surface area contributed by atoms with E-state index in [1.165, 1.54) is 11.1 Å². The van der Waals surface area contributed by atoms with Crippen LogP contribution in [0.1, 0.15) is 44.6 Å². The number of aliphatic hydroxyl groups excluding tert-OH is 1. The summed E-state index contributed by atoms with van der Waals surface area (Å²) in [7, 11) is 2.19. The maximum absolute atomic E-state index is 10.7. The first-order chi connectivity index (χ1) is 15.7. The van der Waals surface area contributed by atoms with Gasteiger partial charge in [0.15, 0.2) is 11.5 Å². The smallest absolute Gasteiger partial charge is 0.335 e. The lowest BCUT2D eigenvalue weighted by Gasteiger charge is -2.56. The maximum atomic E-state index is 10.7. The van der Waals surface area contributed by atoms with Gasteiger partial charge in [-0.2, -0.15) is 0 Å². The predicted molar refractivity (Wildman–Crippen MR) is 125 cm³/mol. The van der Waals surface area contributed by atoms with E-state index in [4.69, 9.17) is 9.84 Å². The quantitative estimate of drug-likeness (QED) is 0.578. The maximum Gasteiger partial charge on any atom is 0.335 e. The van der Waals surface area contributed by atoms with Gasteiger partial charge in [-0.25, -0.2) is 4.79 Å². The number of piperidine rings is 1. The van der Waals surface area contributed by atoms with Gasteiger partial charge < -0.3 is 25.0 Å². The second-order valence-corrected chi connectivity index (χ2v) is 9.92. The number of aliphatic hydroxyl groups is 1. The summed E-state index contributed by atoms with van der Waals surface area (Å²) in [4.78, 5) is 13.1. The zero-order valence-electron chi connectivity index (χ0n) is 19.5. The Morgan fingerprint density at radius 1 is 1.12 bits per heavy atom. The Bertz CT molecular complexity index is 1170. The summed E-state index contributed by atoms with van der Waals surface area (Å²) in [6.07, 6.45) is 5.18. The third kappa shape index (κ3) is 3.04. The van der Waals surface area contributed by atoms with E-state index in [2.05, 4.69) is 18.0 Å². The number of benzene rings is 2. The number of phenols is 1. The minimum absolute atomic E-state index is 0.160. The fraction of sp³-hybridized carbons (Fsp3) is 0.444. The van der Waals surface area contributed by atoms with Crippen LogP contribution in [0.25, 0.3) is 0 Å². The average molecular weight is 450 g/mol. The Balaban J connectivity index is 0.000000164. The van der Waals surface area contributed by atoms with Gasteiger partial charge in [-0.05, 0) is 81.6 Å². The van der Waals surface area contributed by atoms with Gasteiger partial charge in [0.1, 0.15) is 12.2 Å². The molecule has 6 heteroatoms. The van der Waals surface area contributed by atoms with Crippen LogP contribution < -0.4 is 4.74 Å². The summed E-state index contributed by atoms with van der Waals surface area (Å²) in [5, 5.41) is 29.4. The Hall–Kier alpha value is -2.83. The molecule has 2 bridgehead atoms. The van der Waals surface area contributed by atoms with E-state index in [1.807, 2.05) is 39.0 Å². The van der Waals surface area contributed by atoms with Crippen molar-refractivity contribution in [2.75, 3.05) is 13.6 Å². The van der Waals surface area contributed by atoms with Crippen LogP contribution in [-0.2, 0) is 11.8 Å². The Morgan fingerprint density at radius 2 is 1.88 bits per heavy atom. The summed E-state index contributed by atoms with van der Waals surface area (Å²) in [5.41, 5.74) is 5.76. The lowest BCUT2D eigenvalue weighted by atomic mass is 9.53. The predicted octanol–water partition coefficient (Wildman–Crippen LogP) is 3.51.